The van der Waals surface area contributed by atoms with Gasteiger partial charge in [0.2, 0.25) is 0 Å². The normalized spacial score (nSPS) is 20.1. The number of ether oxygens (including phenoxy) is 1. The van der Waals surface area contributed by atoms with Gasteiger partial charge in [0.15, 0.2) is 0 Å². The van der Waals surface area contributed by atoms with Crippen LogP contribution in [0.25, 0.3) is 0 Å². The molecule has 18 heavy (non-hydrogen) atoms. The van der Waals surface area contributed by atoms with Gasteiger partial charge in [0, 0.05) is 0 Å². The van der Waals surface area contributed by atoms with Crippen molar-refractivity contribution >= 4 is 11.6 Å². The van der Waals surface area contributed by atoms with Gasteiger partial charge in [0.05, 0.1) is 12.0 Å². The number of benzene rings is 1. The summed E-state index contributed by atoms with van der Waals surface area (Å²) in [4.78, 5) is 0. The predicted molar refractivity (Wildman–Crippen MR) is 77.4 cm³/mol. The van der Waals surface area contributed by atoms with E-state index in [0.717, 1.165) is 31.6 Å². The van der Waals surface area contributed by atoms with Gasteiger partial charge in [-0.1, -0.05) is 36.3 Å². The summed E-state index contributed by atoms with van der Waals surface area (Å²) in [6.45, 7) is 0.786. The van der Waals surface area contributed by atoms with Crippen molar-refractivity contribution in [2.45, 2.75) is 43.9 Å². The number of rotatable bonds is 5. The molecule has 0 saturated carbocycles. The second-order valence-electron chi connectivity index (χ2n) is 4.85. The van der Waals surface area contributed by atoms with Crippen molar-refractivity contribution in [3.8, 4) is 5.75 Å². The summed E-state index contributed by atoms with van der Waals surface area (Å²) in [5.41, 5.74) is 1.52. The quantitative estimate of drug-likeness (QED) is 0.415. The Hall–Kier alpha value is -0.950. The third-order valence-electron chi connectivity index (χ3n) is 3.30. The third-order valence-corrected chi connectivity index (χ3v) is 3.64. The first-order valence-corrected chi connectivity index (χ1v) is 7.30. The molecule has 1 aromatic carbocycles. The van der Waals surface area contributed by atoms with Crippen LogP contribution in [0.15, 0.2) is 42.0 Å². The van der Waals surface area contributed by atoms with Crippen molar-refractivity contribution in [3.05, 3.63) is 42.0 Å². The van der Waals surface area contributed by atoms with E-state index in [1.807, 2.05) is 30.3 Å². The van der Waals surface area contributed by atoms with E-state index < -0.39 is 0 Å². The van der Waals surface area contributed by atoms with Crippen LogP contribution in [0.2, 0.25) is 0 Å². The summed E-state index contributed by atoms with van der Waals surface area (Å²) >= 11 is 6.22. The highest BCUT2D eigenvalue weighted by Gasteiger charge is 2.09. The first-order chi connectivity index (χ1) is 8.84. The lowest BCUT2D eigenvalue weighted by Gasteiger charge is -2.08. The van der Waals surface area contributed by atoms with Crippen LogP contribution in [0.1, 0.15) is 38.5 Å². The zero-order valence-electron chi connectivity index (χ0n) is 10.8. The summed E-state index contributed by atoms with van der Waals surface area (Å²) in [6, 6.07) is 10.0. The SMILES string of the molecule is ClC1C=C(CCCOc2ccccc2)CCCC1. The number of halogens is 1. The van der Waals surface area contributed by atoms with Crippen LogP contribution >= 0.6 is 11.6 Å². The average Bonchev–Trinajstić information content (AvgIpc) is 2.60. The van der Waals surface area contributed by atoms with Gasteiger partial charge in [-0.15, -0.1) is 11.6 Å². The van der Waals surface area contributed by atoms with Crippen LogP contribution in [0, 0.1) is 0 Å². The van der Waals surface area contributed by atoms with E-state index in [4.69, 9.17) is 16.3 Å². The van der Waals surface area contributed by atoms with Crippen LogP contribution < -0.4 is 4.74 Å². The molecular formula is C16H21ClO. The molecule has 0 radical (unpaired) electrons. The van der Waals surface area contributed by atoms with Crippen molar-refractivity contribution < 1.29 is 4.74 Å². The second-order valence-corrected chi connectivity index (χ2v) is 5.41. The van der Waals surface area contributed by atoms with Gasteiger partial charge in [-0.05, 0) is 44.2 Å². The van der Waals surface area contributed by atoms with E-state index in [-0.39, 0.29) is 5.38 Å². The minimum atomic E-state index is 0.248. The predicted octanol–water partition coefficient (Wildman–Crippen LogP) is 4.95. The van der Waals surface area contributed by atoms with Gasteiger partial charge in [-0.2, -0.15) is 0 Å². The highest BCUT2D eigenvalue weighted by atomic mass is 35.5. The van der Waals surface area contributed by atoms with Crippen LogP contribution in [0.4, 0.5) is 0 Å². The minimum Gasteiger partial charge on any atom is -0.494 e. The molecule has 0 fully saturated rings. The molecule has 98 valence electrons. The zero-order valence-corrected chi connectivity index (χ0v) is 11.5. The standard InChI is InChI=1S/C16H21ClO/c17-15-9-5-4-7-14(13-15)8-6-12-18-16-10-2-1-3-11-16/h1-3,10-11,13,15H,4-9,12H2. The van der Waals surface area contributed by atoms with Crippen molar-refractivity contribution in [2.75, 3.05) is 6.61 Å². The Labute approximate surface area is 115 Å². The zero-order chi connectivity index (χ0) is 12.6. The maximum absolute atomic E-state index is 6.22. The van der Waals surface area contributed by atoms with E-state index in [1.54, 1.807) is 0 Å². The number of hydrogen-bond donors (Lipinski definition) is 0. The molecule has 0 saturated heterocycles. The van der Waals surface area contributed by atoms with Crippen LogP contribution in [-0.2, 0) is 0 Å². The molecule has 0 aromatic heterocycles. The fourth-order valence-corrected chi connectivity index (χ4v) is 2.66. The maximum Gasteiger partial charge on any atom is 0.119 e. The maximum atomic E-state index is 6.22. The molecule has 0 bridgehead atoms. The summed E-state index contributed by atoms with van der Waals surface area (Å²) in [5.74, 6) is 0.961. The Kier molecular flexibility index (Phi) is 5.60. The molecule has 1 unspecified atom stereocenters. The summed E-state index contributed by atoms with van der Waals surface area (Å²) in [6.07, 6.45) is 9.35. The summed E-state index contributed by atoms with van der Waals surface area (Å²) in [7, 11) is 0. The minimum absolute atomic E-state index is 0.248. The fraction of sp³-hybridized carbons (Fsp3) is 0.500. The number of hydrogen-bond acceptors (Lipinski definition) is 1. The summed E-state index contributed by atoms with van der Waals surface area (Å²) < 4.78 is 5.69. The molecule has 2 rings (SSSR count). The molecule has 0 heterocycles. The van der Waals surface area contributed by atoms with Gasteiger partial charge in [-0.3, -0.25) is 0 Å². The van der Waals surface area contributed by atoms with Gasteiger partial charge < -0.3 is 4.74 Å². The molecule has 2 heteroatoms. The molecular weight excluding hydrogens is 244 g/mol. The van der Waals surface area contributed by atoms with Gasteiger partial charge >= 0.3 is 0 Å². The van der Waals surface area contributed by atoms with Gasteiger partial charge in [-0.25, -0.2) is 0 Å². The Morgan fingerprint density at radius 3 is 2.83 bits per heavy atom. The smallest absolute Gasteiger partial charge is 0.119 e. The van der Waals surface area contributed by atoms with Gasteiger partial charge in [0.25, 0.3) is 0 Å². The lowest BCUT2D eigenvalue weighted by molar-refractivity contribution is 0.310. The first kappa shape index (κ1) is 13.5. The van der Waals surface area contributed by atoms with Crippen LogP contribution in [0.5, 0.6) is 5.75 Å². The molecule has 0 aliphatic heterocycles. The second kappa shape index (κ2) is 7.48. The van der Waals surface area contributed by atoms with Crippen LogP contribution in [-0.4, -0.2) is 12.0 Å². The van der Waals surface area contributed by atoms with Crippen molar-refractivity contribution in [1.82, 2.24) is 0 Å². The topological polar surface area (TPSA) is 9.23 Å². The molecule has 1 aliphatic carbocycles. The third kappa shape index (κ3) is 4.73. The van der Waals surface area contributed by atoms with Crippen molar-refractivity contribution in [3.63, 3.8) is 0 Å². The van der Waals surface area contributed by atoms with Crippen molar-refractivity contribution in [1.29, 1.82) is 0 Å². The van der Waals surface area contributed by atoms with E-state index in [9.17, 15) is 0 Å². The van der Waals surface area contributed by atoms with E-state index in [2.05, 4.69) is 6.08 Å². The van der Waals surface area contributed by atoms with Crippen LogP contribution in [0.3, 0.4) is 0 Å². The Balaban J connectivity index is 1.69. The molecule has 1 nitrogen and oxygen atoms in total. The largest absolute Gasteiger partial charge is 0.494 e. The summed E-state index contributed by atoms with van der Waals surface area (Å²) in [5, 5.41) is 0.248. The van der Waals surface area contributed by atoms with E-state index in [1.165, 1.54) is 24.8 Å². The number of allylic oxidation sites excluding steroid dienone is 2. The first-order valence-electron chi connectivity index (χ1n) is 6.86. The average molecular weight is 265 g/mol. The Bertz CT molecular complexity index is 372. The van der Waals surface area contributed by atoms with Crippen molar-refractivity contribution in [2.24, 2.45) is 0 Å². The fourth-order valence-electron chi connectivity index (χ4n) is 2.33. The monoisotopic (exact) mass is 264 g/mol. The molecule has 0 spiro atoms. The molecule has 1 aliphatic rings. The molecule has 0 amide bonds. The molecule has 1 aromatic rings. The molecule has 1 atom stereocenters. The Morgan fingerprint density at radius 2 is 2.00 bits per heavy atom. The highest BCUT2D eigenvalue weighted by molar-refractivity contribution is 6.21. The van der Waals surface area contributed by atoms with E-state index in [0.29, 0.717) is 0 Å². The highest BCUT2D eigenvalue weighted by Crippen LogP contribution is 2.24. The van der Waals surface area contributed by atoms with Gasteiger partial charge in [0.1, 0.15) is 5.75 Å². The number of alkyl halides is 1. The Morgan fingerprint density at radius 1 is 1.17 bits per heavy atom. The van der Waals surface area contributed by atoms with E-state index >= 15 is 0 Å². The number of para-hydroxylation sites is 1. The molecule has 0 N–H and O–H groups in total. The lowest BCUT2D eigenvalue weighted by atomic mass is 10.1. The lowest BCUT2D eigenvalue weighted by Crippen LogP contribution is -1.98.